The van der Waals surface area contributed by atoms with E-state index in [9.17, 15) is 4.79 Å². The molecule has 0 heterocycles. The molecule has 0 aliphatic carbocycles. The second kappa shape index (κ2) is 8.43. The van der Waals surface area contributed by atoms with Crippen molar-refractivity contribution < 1.29 is 14.6 Å². The van der Waals surface area contributed by atoms with Crippen molar-refractivity contribution in [1.82, 2.24) is 0 Å². The fourth-order valence-electron chi connectivity index (χ4n) is 0.175. The number of carbonyl (C=O) groups is 1. The van der Waals surface area contributed by atoms with Crippen LogP contribution in [0.2, 0.25) is 0 Å². The molecule has 3 nitrogen and oxygen atoms in total. The van der Waals surface area contributed by atoms with E-state index < -0.39 is 5.97 Å². The van der Waals surface area contributed by atoms with Crippen LogP contribution in [0.25, 0.3) is 0 Å². The molecule has 0 spiro atoms. The van der Waals surface area contributed by atoms with Crippen LogP contribution in [0.1, 0.15) is 20.3 Å². The molecule has 1 atom stereocenters. The maximum Gasteiger partial charge on any atom is 0.306 e. The maximum atomic E-state index is 9.93. The number of carboxylic acid groups (broad SMARTS) is 1. The van der Waals surface area contributed by atoms with E-state index in [4.69, 9.17) is 5.11 Å². The zero-order valence-corrected chi connectivity index (χ0v) is 7.05. The van der Waals surface area contributed by atoms with Crippen LogP contribution in [-0.2, 0) is 9.53 Å². The van der Waals surface area contributed by atoms with Crippen molar-refractivity contribution in [3.05, 3.63) is 0 Å². The minimum absolute atomic E-state index is 0.181. The normalized spacial score (nSPS) is 11.2. The molecular weight excluding hydrogens is 132 g/mol. The van der Waals surface area contributed by atoms with Crippen molar-refractivity contribution in [3.63, 3.8) is 0 Å². The molecule has 0 rings (SSSR count). The molecule has 1 N–H and O–H groups in total. The lowest BCUT2D eigenvalue weighted by molar-refractivity contribution is -0.141. The molecule has 0 fully saturated rings. The van der Waals surface area contributed by atoms with Gasteiger partial charge in [0.05, 0.1) is 5.92 Å². The Kier molecular flexibility index (Phi) is 10.2. The smallest absolute Gasteiger partial charge is 0.306 e. The summed E-state index contributed by atoms with van der Waals surface area (Å²) in [7, 11) is 3.25. The molecule has 0 saturated carbocycles. The molecule has 0 saturated heterocycles. The standard InChI is InChI=1S/C5H10O2.C2H6O/c1-3-4(2)5(6)7;1-3-2/h4H,3H2,1-2H3,(H,6,7);1-2H3. The number of carboxylic acids is 1. The highest BCUT2D eigenvalue weighted by Crippen LogP contribution is 1.97. The molecule has 0 aliphatic rings. The van der Waals surface area contributed by atoms with Crippen molar-refractivity contribution >= 4 is 5.97 Å². The Balaban J connectivity index is 0. The highest BCUT2D eigenvalue weighted by molar-refractivity contribution is 5.69. The van der Waals surface area contributed by atoms with Gasteiger partial charge in [0.2, 0.25) is 0 Å². The number of ether oxygens (including phenoxy) is 1. The van der Waals surface area contributed by atoms with Crippen LogP contribution in [0, 0.1) is 5.92 Å². The number of hydrogen-bond donors (Lipinski definition) is 1. The van der Waals surface area contributed by atoms with Gasteiger partial charge in [-0.1, -0.05) is 13.8 Å². The fraction of sp³-hybridized carbons (Fsp3) is 0.857. The monoisotopic (exact) mass is 148 g/mol. The lowest BCUT2D eigenvalue weighted by Crippen LogP contribution is -2.06. The van der Waals surface area contributed by atoms with Crippen molar-refractivity contribution in [2.45, 2.75) is 20.3 Å². The first-order valence-electron chi connectivity index (χ1n) is 3.23. The van der Waals surface area contributed by atoms with Crippen LogP contribution in [0.15, 0.2) is 0 Å². The van der Waals surface area contributed by atoms with Crippen molar-refractivity contribution in [2.24, 2.45) is 5.92 Å². The van der Waals surface area contributed by atoms with E-state index in [0.717, 1.165) is 6.42 Å². The number of methoxy groups -OCH3 is 1. The molecule has 62 valence electrons. The van der Waals surface area contributed by atoms with Gasteiger partial charge in [-0.05, 0) is 6.42 Å². The topological polar surface area (TPSA) is 46.5 Å². The Hall–Kier alpha value is -0.570. The van der Waals surface area contributed by atoms with E-state index in [0.29, 0.717) is 0 Å². The highest BCUT2D eigenvalue weighted by Gasteiger charge is 2.05. The SMILES string of the molecule is CCC(C)C(=O)O.COC. The maximum absolute atomic E-state index is 9.93. The summed E-state index contributed by atoms with van der Waals surface area (Å²) in [4.78, 5) is 9.93. The second-order valence-electron chi connectivity index (χ2n) is 2.06. The van der Waals surface area contributed by atoms with Gasteiger partial charge in [0, 0.05) is 14.2 Å². The minimum atomic E-state index is -0.706. The summed E-state index contributed by atoms with van der Waals surface area (Å²) >= 11 is 0. The summed E-state index contributed by atoms with van der Waals surface area (Å²) < 4.78 is 4.25. The summed E-state index contributed by atoms with van der Waals surface area (Å²) in [6.45, 7) is 3.56. The van der Waals surface area contributed by atoms with E-state index in [1.54, 1.807) is 21.1 Å². The summed E-state index contributed by atoms with van der Waals surface area (Å²) in [5, 5.41) is 8.18. The molecule has 3 heteroatoms. The molecule has 0 radical (unpaired) electrons. The molecule has 0 aromatic heterocycles. The van der Waals surface area contributed by atoms with Crippen molar-refractivity contribution in [1.29, 1.82) is 0 Å². The summed E-state index contributed by atoms with van der Waals surface area (Å²) in [6.07, 6.45) is 0.718. The number of hydrogen-bond acceptors (Lipinski definition) is 2. The van der Waals surface area contributed by atoms with Gasteiger partial charge < -0.3 is 9.84 Å². The number of rotatable bonds is 2. The third-order valence-electron chi connectivity index (χ3n) is 1.03. The first-order chi connectivity index (χ1) is 4.59. The van der Waals surface area contributed by atoms with E-state index in [1.807, 2.05) is 6.92 Å². The first kappa shape index (κ1) is 12.1. The van der Waals surface area contributed by atoms with Gasteiger partial charge in [-0.15, -0.1) is 0 Å². The summed E-state index contributed by atoms with van der Waals surface area (Å²) in [6, 6.07) is 0. The molecule has 1 unspecified atom stereocenters. The Bertz CT molecular complexity index is 80.9. The molecule has 0 aromatic carbocycles. The fourth-order valence-corrected chi connectivity index (χ4v) is 0.175. The minimum Gasteiger partial charge on any atom is -0.481 e. The Labute approximate surface area is 62.0 Å². The largest absolute Gasteiger partial charge is 0.481 e. The van der Waals surface area contributed by atoms with E-state index in [-0.39, 0.29) is 5.92 Å². The van der Waals surface area contributed by atoms with Crippen LogP contribution in [0.5, 0.6) is 0 Å². The summed E-state index contributed by atoms with van der Waals surface area (Å²) in [5.74, 6) is -0.887. The molecule has 0 aromatic rings. The Morgan fingerprint density at radius 2 is 1.90 bits per heavy atom. The Morgan fingerprint density at radius 3 is 1.90 bits per heavy atom. The van der Waals surface area contributed by atoms with Crippen molar-refractivity contribution in [3.8, 4) is 0 Å². The van der Waals surface area contributed by atoms with E-state index in [2.05, 4.69) is 4.74 Å². The van der Waals surface area contributed by atoms with Crippen LogP contribution in [-0.4, -0.2) is 25.3 Å². The predicted molar refractivity (Wildman–Crippen MR) is 40.0 cm³/mol. The third kappa shape index (κ3) is 10.4. The zero-order chi connectivity index (χ0) is 8.57. The first-order valence-corrected chi connectivity index (χ1v) is 3.23. The molecule has 10 heavy (non-hydrogen) atoms. The average Bonchev–Trinajstić information content (AvgIpc) is 1.88. The van der Waals surface area contributed by atoms with E-state index >= 15 is 0 Å². The second-order valence-corrected chi connectivity index (χ2v) is 2.06. The molecule has 0 amide bonds. The Morgan fingerprint density at radius 1 is 1.60 bits per heavy atom. The molecular formula is C7H16O3. The van der Waals surface area contributed by atoms with Crippen LogP contribution >= 0.6 is 0 Å². The van der Waals surface area contributed by atoms with Gasteiger partial charge in [-0.2, -0.15) is 0 Å². The van der Waals surface area contributed by atoms with Crippen LogP contribution in [0.3, 0.4) is 0 Å². The van der Waals surface area contributed by atoms with E-state index in [1.165, 1.54) is 0 Å². The van der Waals surface area contributed by atoms with Gasteiger partial charge in [0.15, 0.2) is 0 Å². The van der Waals surface area contributed by atoms with Gasteiger partial charge in [0.1, 0.15) is 0 Å². The summed E-state index contributed by atoms with van der Waals surface area (Å²) in [5.41, 5.74) is 0. The number of aliphatic carboxylic acids is 1. The third-order valence-corrected chi connectivity index (χ3v) is 1.03. The van der Waals surface area contributed by atoms with Crippen LogP contribution < -0.4 is 0 Å². The van der Waals surface area contributed by atoms with Crippen molar-refractivity contribution in [2.75, 3.05) is 14.2 Å². The lowest BCUT2D eigenvalue weighted by atomic mass is 10.1. The molecule has 0 aliphatic heterocycles. The predicted octanol–water partition coefficient (Wildman–Crippen LogP) is 1.38. The highest BCUT2D eigenvalue weighted by atomic mass is 16.4. The van der Waals surface area contributed by atoms with Gasteiger partial charge >= 0.3 is 5.97 Å². The quantitative estimate of drug-likeness (QED) is 0.643. The average molecular weight is 148 g/mol. The van der Waals surface area contributed by atoms with Crippen LogP contribution in [0.4, 0.5) is 0 Å². The van der Waals surface area contributed by atoms with Gasteiger partial charge in [-0.25, -0.2) is 0 Å². The molecule has 0 bridgehead atoms. The van der Waals surface area contributed by atoms with Gasteiger partial charge in [-0.3, -0.25) is 4.79 Å². The van der Waals surface area contributed by atoms with Gasteiger partial charge in [0.25, 0.3) is 0 Å². The lowest BCUT2D eigenvalue weighted by Gasteiger charge is -1.96. The zero-order valence-electron chi connectivity index (χ0n) is 7.05.